The highest BCUT2D eigenvalue weighted by Crippen LogP contribution is 2.15. The lowest BCUT2D eigenvalue weighted by molar-refractivity contribution is 0.0555. The monoisotopic (exact) mass is 242 g/mol. The van der Waals surface area contributed by atoms with Crippen molar-refractivity contribution in [2.24, 2.45) is 7.05 Å². The molecule has 1 rings (SSSR count). The van der Waals surface area contributed by atoms with Crippen LogP contribution < -0.4 is 0 Å². The average Bonchev–Trinajstić information content (AvgIpc) is 2.44. The first-order valence-electron chi connectivity index (χ1n) is 3.45. The Hall–Kier alpha value is -1.28. The van der Waals surface area contributed by atoms with Crippen molar-refractivity contribution >= 4 is 21.9 Å². The molecule has 0 bridgehead atoms. The van der Waals surface area contributed by atoms with Crippen molar-refractivity contribution in [3.8, 4) is 12.3 Å². The van der Waals surface area contributed by atoms with Crippen LogP contribution in [0.3, 0.4) is 0 Å². The number of hydrogen-bond acceptors (Lipinski definition) is 3. The van der Waals surface area contributed by atoms with Crippen LogP contribution in [0, 0.1) is 12.3 Å². The highest BCUT2D eigenvalue weighted by Gasteiger charge is 2.14. The molecule has 0 fully saturated rings. The van der Waals surface area contributed by atoms with Crippen LogP contribution in [-0.2, 0) is 11.8 Å². The van der Waals surface area contributed by atoms with E-state index in [1.807, 2.05) is 0 Å². The van der Waals surface area contributed by atoms with Crippen molar-refractivity contribution in [2.75, 3.05) is 6.61 Å². The molecule has 1 aromatic heterocycles. The fourth-order valence-electron chi connectivity index (χ4n) is 0.744. The van der Waals surface area contributed by atoms with Gasteiger partial charge in [0.15, 0.2) is 6.61 Å². The van der Waals surface area contributed by atoms with E-state index >= 15 is 0 Å². The number of rotatable bonds is 2. The Balaban J connectivity index is 2.78. The first-order chi connectivity index (χ1) is 6.16. The van der Waals surface area contributed by atoms with Crippen molar-refractivity contribution in [1.82, 2.24) is 9.78 Å². The van der Waals surface area contributed by atoms with Gasteiger partial charge in [-0.3, -0.25) is 4.68 Å². The van der Waals surface area contributed by atoms with Crippen LogP contribution in [-0.4, -0.2) is 22.4 Å². The van der Waals surface area contributed by atoms with E-state index in [1.54, 1.807) is 7.05 Å². The third kappa shape index (κ3) is 2.10. The third-order valence-electron chi connectivity index (χ3n) is 1.37. The minimum absolute atomic E-state index is 0.0276. The van der Waals surface area contributed by atoms with Gasteiger partial charge in [0.25, 0.3) is 0 Å². The minimum Gasteiger partial charge on any atom is -0.449 e. The number of hydrogen-bond donors (Lipinski definition) is 0. The summed E-state index contributed by atoms with van der Waals surface area (Å²) < 4.78 is 6.81. The number of terminal acetylenes is 1. The molecule has 0 aliphatic heterocycles. The van der Waals surface area contributed by atoms with Crippen molar-refractivity contribution in [3.05, 3.63) is 16.4 Å². The molecular formula is C8H7BrN2O2. The van der Waals surface area contributed by atoms with E-state index in [1.165, 1.54) is 10.9 Å². The number of nitrogens with zero attached hydrogens (tertiary/aromatic N) is 2. The molecule has 0 unspecified atom stereocenters. The Bertz CT molecular complexity index is 365. The standard InChI is InChI=1S/C8H7BrN2O2/c1-3-4-13-8(12)6-5-10-11(2)7(6)9/h1,5H,4H2,2H3. The number of aromatic nitrogens is 2. The molecule has 0 aliphatic carbocycles. The summed E-state index contributed by atoms with van der Waals surface area (Å²) in [5, 5.41) is 3.86. The predicted molar refractivity (Wildman–Crippen MR) is 50.0 cm³/mol. The molecule has 68 valence electrons. The van der Waals surface area contributed by atoms with E-state index in [0.717, 1.165) is 0 Å². The van der Waals surface area contributed by atoms with Gasteiger partial charge in [-0.25, -0.2) is 4.79 Å². The summed E-state index contributed by atoms with van der Waals surface area (Å²) in [7, 11) is 1.71. The van der Waals surface area contributed by atoms with E-state index < -0.39 is 5.97 Å². The second-order valence-corrected chi connectivity index (χ2v) is 3.00. The summed E-state index contributed by atoms with van der Waals surface area (Å²) in [5.74, 6) is 1.73. The molecule has 5 heteroatoms. The van der Waals surface area contributed by atoms with Crippen LogP contribution in [0.1, 0.15) is 10.4 Å². The minimum atomic E-state index is -0.474. The van der Waals surface area contributed by atoms with Gasteiger partial charge in [0.2, 0.25) is 0 Å². The lowest BCUT2D eigenvalue weighted by Gasteiger charge is -1.98. The second kappa shape index (κ2) is 4.10. The van der Waals surface area contributed by atoms with Crippen molar-refractivity contribution in [2.45, 2.75) is 0 Å². The molecule has 1 aromatic rings. The predicted octanol–water partition coefficient (Wildman–Crippen LogP) is 0.973. The van der Waals surface area contributed by atoms with Gasteiger partial charge in [-0.2, -0.15) is 5.10 Å². The van der Waals surface area contributed by atoms with E-state index in [2.05, 4.69) is 26.9 Å². The first kappa shape index (κ1) is 9.81. The van der Waals surface area contributed by atoms with Gasteiger partial charge >= 0.3 is 5.97 Å². The molecule has 0 spiro atoms. The molecule has 0 radical (unpaired) electrons. The zero-order valence-electron chi connectivity index (χ0n) is 6.95. The van der Waals surface area contributed by atoms with Gasteiger partial charge in [-0.05, 0) is 15.9 Å². The van der Waals surface area contributed by atoms with Gasteiger partial charge in [0.1, 0.15) is 10.2 Å². The summed E-state index contributed by atoms with van der Waals surface area (Å²) in [5.41, 5.74) is 0.373. The second-order valence-electron chi connectivity index (χ2n) is 2.25. The number of esters is 1. The normalized spacial score (nSPS) is 9.31. The number of aryl methyl sites for hydroxylation is 1. The van der Waals surface area contributed by atoms with E-state index in [0.29, 0.717) is 10.2 Å². The highest BCUT2D eigenvalue weighted by atomic mass is 79.9. The molecule has 0 aromatic carbocycles. The summed E-state index contributed by atoms with van der Waals surface area (Å²) in [6.07, 6.45) is 6.36. The zero-order chi connectivity index (χ0) is 9.84. The summed E-state index contributed by atoms with van der Waals surface area (Å²) in [4.78, 5) is 11.2. The largest absolute Gasteiger partial charge is 0.449 e. The van der Waals surface area contributed by atoms with Crippen molar-refractivity contribution in [3.63, 3.8) is 0 Å². The Kier molecular flexibility index (Phi) is 3.09. The number of carbonyl (C=O) groups excluding carboxylic acids is 1. The fourth-order valence-corrected chi connectivity index (χ4v) is 1.10. The molecule has 1 heterocycles. The molecular weight excluding hydrogens is 236 g/mol. The van der Waals surface area contributed by atoms with Crippen molar-refractivity contribution < 1.29 is 9.53 Å². The van der Waals surface area contributed by atoms with Crippen LogP contribution in [0.25, 0.3) is 0 Å². The maximum absolute atomic E-state index is 11.2. The highest BCUT2D eigenvalue weighted by molar-refractivity contribution is 9.10. The molecule has 0 atom stereocenters. The molecule has 0 N–H and O–H groups in total. The summed E-state index contributed by atoms with van der Waals surface area (Å²) >= 11 is 3.19. The summed E-state index contributed by atoms with van der Waals surface area (Å²) in [6.45, 7) is -0.0276. The third-order valence-corrected chi connectivity index (χ3v) is 2.31. The average molecular weight is 243 g/mol. The quantitative estimate of drug-likeness (QED) is 0.574. The smallest absolute Gasteiger partial charge is 0.343 e. The molecule has 0 saturated carbocycles. The fraction of sp³-hybridized carbons (Fsp3) is 0.250. The molecule has 0 amide bonds. The van der Waals surface area contributed by atoms with Gasteiger partial charge in [0, 0.05) is 7.05 Å². The molecule has 0 saturated heterocycles. The maximum Gasteiger partial charge on any atom is 0.343 e. The summed E-state index contributed by atoms with van der Waals surface area (Å²) in [6, 6.07) is 0. The molecule has 0 aliphatic rings. The van der Waals surface area contributed by atoms with Crippen molar-refractivity contribution in [1.29, 1.82) is 0 Å². The van der Waals surface area contributed by atoms with Crippen LogP contribution >= 0.6 is 15.9 Å². The molecule has 4 nitrogen and oxygen atoms in total. The van der Waals surface area contributed by atoms with Gasteiger partial charge in [-0.1, -0.05) is 5.92 Å². The van der Waals surface area contributed by atoms with Gasteiger partial charge in [0.05, 0.1) is 6.20 Å². The van der Waals surface area contributed by atoms with Crippen LogP contribution in [0.15, 0.2) is 10.8 Å². The maximum atomic E-state index is 11.2. The Morgan fingerprint density at radius 1 is 1.92 bits per heavy atom. The number of ether oxygens (including phenoxy) is 1. The lowest BCUT2D eigenvalue weighted by Crippen LogP contribution is -2.05. The zero-order valence-corrected chi connectivity index (χ0v) is 8.54. The Labute approximate surface area is 84.0 Å². The Morgan fingerprint density at radius 2 is 2.62 bits per heavy atom. The van der Waals surface area contributed by atoms with Crippen LogP contribution in [0.5, 0.6) is 0 Å². The van der Waals surface area contributed by atoms with E-state index in [4.69, 9.17) is 11.2 Å². The number of carbonyl (C=O) groups is 1. The van der Waals surface area contributed by atoms with Gasteiger partial charge < -0.3 is 4.74 Å². The van der Waals surface area contributed by atoms with Crippen LogP contribution in [0.4, 0.5) is 0 Å². The SMILES string of the molecule is C#CCOC(=O)c1cnn(C)c1Br. The number of halogens is 1. The van der Waals surface area contributed by atoms with E-state index in [-0.39, 0.29) is 6.61 Å². The molecule has 13 heavy (non-hydrogen) atoms. The van der Waals surface area contributed by atoms with Gasteiger partial charge in [-0.15, -0.1) is 6.42 Å². The van der Waals surface area contributed by atoms with E-state index in [9.17, 15) is 4.79 Å². The Morgan fingerprint density at radius 3 is 3.08 bits per heavy atom. The lowest BCUT2D eigenvalue weighted by atomic mass is 10.4. The first-order valence-corrected chi connectivity index (χ1v) is 4.24. The van der Waals surface area contributed by atoms with Crippen LogP contribution in [0.2, 0.25) is 0 Å². The topological polar surface area (TPSA) is 44.1 Å².